The van der Waals surface area contributed by atoms with Gasteiger partial charge in [0.2, 0.25) is 0 Å². The van der Waals surface area contributed by atoms with Crippen molar-refractivity contribution in [2.24, 2.45) is 11.8 Å². The summed E-state index contributed by atoms with van der Waals surface area (Å²) in [5, 5.41) is 8.52. The van der Waals surface area contributed by atoms with Crippen molar-refractivity contribution in [2.75, 3.05) is 6.61 Å². The first-order chi connectivity index (χ1) is 9.13. The van der Waals surface area contributed by atoms with Crippen LogP contribution in [0.3, 0.4) is 0 Å². The van der Waals surface area contributed by atoms with Crippen LogP contribution in [0.25, 0.3) is 0 Å². The van der Waals surface area contributed by atoms with E-state index < -0.39 is 5.97 Å². The van der Waals surface area contributed by atoms with Gasteiger partial charge in [-0.15, -0.1) is 0 Å². The van der Waals surface area contributed by atoms with Gasteiger partial charge >= 0.3 is 11.9 Å². The summed E-state index contributed by atoms with van der Waals surface area (Å²) in [4.78, 5) is 21.8. The third-order valence-electron chi connectivity index (χ3n) is 4.00. The lowest BCUT2D eigenvalue weighted by molar-refractivity contribution is -0.149. The first kappa shape index (κ1) is 16.0. The minimum Gasteiger partial charge on any atom is -0.481 e. The SMILES string of the molecule is CCCCC(COC(=O)CCC(=O)O)C1CCCC1. The number of ether oxygens (including phenoxy) is 1. The topological polar surface area (TPSA) is 63.6 Å². The van der Waals surface area contributed by atoms with Crippen molar-refractivity contribution in [3.8, 4) is 0 Å². The Bertz CT molecular complexity index is 282. The lowest BCUT2D eigenvalue weighted by Gasteiger charge is -2.23. The number of rotatable bonds is 9. The summed E-state index contributed by atoms with van der Waals surface area (Å²) in [5.74, 6) is -0.160. The van der Waals surface area contributed by atoms with Gasteiger partial charge in [-0.1, -0.05) is 45.4 Å². The van der Waals surface area contributed by atoms with E-state index in [1.54, 1.807) is 0 Å². The number of carboxylic acids is 1. The third kappa shape index (κ3) is 6.60. The van der Waals surface area contributed by atoms with E-state index >= 15 is 0 Å². The molecule has 1 atom stereocenters. The molecule has 1 N–H and O–H groups in total. The Kier molecular flexibility index (Phi) is 7.53. The fourth-order valence-corrected chi connectivity index (χ4v) is 2.83. The summed E-state index contributed by atoms with van der Waals surface area (Å²) in [5.41, 5.74) is 0. The van der Waals surface area contributed by atoms with Gasteiger partial charge in [0, 0.05) is 0 Å². The molecule has 1 rings (SSSR count). The summed E-state index contributed by atoms with van der Waals surface area (Å²) in [7, 11) is 0. The average molecular weight is 270 g/mol. The number of carboxylic acid groups (broad SMARTS) is 1. The second-order valence-corrected chi connectivity index (χ2v) is 5.52. The molecule has 0 aliphatic heterocycles. The standard InChI is InChI=1S/C15H26O4/c1-2-3-6-13(12-7-4-5-8-12)11-19-15(18)10-9-14(16)17/h12-13H,2-11H2,1H3,(H,16,17). The molecule has 0 radical (unpaired) electrons. The summed E-state index contributed by atoms with van der Waals surface area (Å²) >= 11 is 0. The van der Waals surface area contributed by atoms with E-state index in [1.165, 1.54) is 32.1 Å². The van der Waals surface area contributed by atoms with Crippen molar-refractivity contribution >= 4 is 11.9 Å². The van der Waals surface area contributed by atoms with Crippen LogP contribution in [0.1, 0.15) is 64.7 Å². The minimum absolute atomic E-state index is 0.0134. The van der Waals surface area contributed by atoms with Crippen molar-refractivity contribution in [3.63, 3.8) is 0 Å². The molecule has 4 nitrogen and oxygen atoms in total. The summed E-state index contributed by atoms with van der Waals surface area (Å²) in [6.45, 7) is 2.65. The molecule has 1 aliphatic rings. The average Bonchev–Trinajstić information content (AvgIpc) is 2.90. The van der Waals surface area contributed by atoms with Crippen LogP contribution in [0.4, 0.5) is 0 Å². The van der Waals surface area contributed by atoms with E-state index in [4.69, 9.17) is 9.84 Å². The van der Waals surface area contributed by atoms with Gasteiger partial charge in [0.05, 0.1) is 19.4 Å². The maximum absolute atomic E-state index is 11.5. The van der Waals surface area contributed by atoms with E-state index in [1.807, 2.05) is 0 Å². The van der Waals surface area contributed by atoms with Crippen LogP contribution in [0, 0.1) is 11.8 Å². The van der Waals surface area contributed by atoms with E-state index in [0.29, 0.717) is 18.4 Å². The fraction of sp³-hybridized carbons (Fsp3) is 0.867. The Morgan fingerprint density at radius 3 is 2.53 bits per heavy atom. The zero-order chi connectivity index (χ0) is 14.1. The second-order valence-electron chi connectivity index (χ2n) is 5.52. The normalized spacial score (nSPS) is 17.3. The molecule has 0 saturated heterocycles. The van der Waals surface area contributed by atoms with Gasteiger partial charge in [-0.2, -0.15) is 0 Å². The quantitative estimate of drug-likeness (QED) is 0.652. The van der Waals surface area contributed by atoms with Gasteiger partial charge in [0.1, 0.15) is 0 Å². The zero-order valence-electron chi connectivity index (χ0n) is 11.9. The molecule has 0 aromatic carbocycles. The van der Waals surface area contributed by atoms with Crippen molar-refractivity contribution in [2.45, 2.75) is 64.7 Å². The first-order valence-electron chi connectivity index (χ1n) is 7.51. The van der Waals surface area contributed by atoms with Gasteiger partial charge in [-0.3, -0.25) is 9.59 Å². The molecule has 4 heteroatoms. The van der Waals surface area contributed by atoms with Gasteiger partial charge in [-0.25, -0.2) is 0 Å². The molecule has 0 bridgehead atoms. The number of esters is 1. The first-order valence-corrected chi connectivity index (χ1v) is 7.51. The van der Waals surface area contributed by atoms with Gasteiger partial charge in [0.15, 0.2) is 0 Å². The Balaban J connectivity index is 2.30. The molecule has 110 valence electrons. The smallest absolute Gasteiger partial charge is 0.306 e. The van der Waals surface area contributed by atoms with E-state index in [2.05, 4.69) is 6.92 Å². The Hall–Kier alpha value is -1.06. The van der Waals surface area contributed by atoms with Crippen LogP contribution in [0.15, 0.2) is 0 Å². The van der Waals surface area contributed by atoms with Crippen LogP contribution in [0.5, 0.6) is 0 Å². The predicted octanol–water partition coefficient (Wildman–Crippen LogP) is 3.39. The summed E-state index contributed by atoms with van der Waals surface area (Å²) in [6.07, 6.45) is 8.39. The molecule has 1 saturated carbocycles. The molecule has 0 heterocycles. The molecule has 19 heavy (non-hydrogen) atoms. The highest BCUT2D eigenvalue weighted by Crippen LogP contribution is 2.34. The molecule has 0 aromatic rings. The molecular weight excluding hydrogens is 244 g/mol. The van der Waals surface area contributed by atoms with Crippen LogP contribution < -0.4 is 0 Å². The number of carbonyl (C=O) groups excluding carboxylic acids is 1. The Morgan fingerprint density at radius 2 is 1.95 bits per heavy atom. The lowest BCUT2D eigenvalue weighted by Crippen LogP contribution is -2.21. The highest BCUT2D eigenvalue weighted by molar-refractivity contribution is 5.76. The minimum atomic E-state index is -0.949. The predicted molar refractivity (Wildman–Crippen MR) is 72.8 cm³/mol. The van der Waals surface area contributed by atoms with Crippen molar-refractivity contribution in [1.29, 1.82) is 0 Å². The molecule has 1 fully saturated rings. The van der Waals surface area contributed by atoms with E-state index in [9.17, 15) is 9.59 Å². The largest absolute Gasteiger partial charge is 0.481 e. The lowest BCUT2D eigenvalue weighted by atomic mass is 9.87. The Labute approximate surface area is 115 Å². The number of hydrogen-bond acceptors (Lipinski definition) is 3. The van der Waals surface area contributed by atoms with Crippen molar-refractivity contribution < 1.29 is 19.4 Å². The van der Waals surface area contributed by atoms with Crippen molar-refractivity contribution in [1.82, 2.24) is 0 Å². The zero-order valence-corrected chi connectivity index (χ0v) is 11.9. The molecular formula is C15H26O4. The molecule has 0 amide bonds. The number of hydrogen-bond donors (Lipinski definition) is 1. The number of aliphatic carboxylic acids is 1. The highest BCUT2D eigenvalue weighted by Gasteiger charge is 2.25. The van der Waals surface area contributed by atoms with Crippen LogP contribution in [-0.4, -0.2) is 23.7 Å². The number of unbranched alkanes of at least 4 members (excludes halogenated alkanes) is 1. The van der Waals surface area contributed by atoms with Crippen molar-refractivity contribution in [3.05, 3.63) is 0 Å². The van der Waals surface area contributed by atoms with Gasteiger partial charge < -0.3 is 9.84 Å². The molecule has 0 aromatic heterocycles. The van der Waals surface area contributed by atoms with Crippen LogP contribution >= 0.6 is 0 Å². The summed E-state index contributed by atoms with van der Waals surface area (Å²) < 4.78 is 5.26. The van der Waals surface area contributed by atoms with Crippen LogP contribution in [0.2, 0.25) is 0 Å². The molecule has 0 spiro atoms. The van der Waals surface area contributed by atoms with Gasteiger partial charge in [-0.05, 0) is 18.3 Å². The monoisotopic (exact) mass is 270 g/mol. The maximum atomic E-state index is 11.5. The van der Waals surface area contributed by atoms with E-state index in [0.717, 1.165) is 12.8 Å². The molecule has 1 unspecified atom stereocenters. The number of carbonyl (C=O) groups is 2. The Morgan fingerprint density at radius 1 is 1.26 bits per heavy atom. The molecule has 1 aliphatic carbocycles. The third-order valence-corrected chi connectivity index (χ3v) is 4.00. The van der Waals surface area contributed by atoms with Crippen LogP contribution in [-0.2, 0) is 14.3 Å². The fourth-order valence-electron chi connectivity index (χ4n) is 2.83. The highest BCUT2D eigenvalue weighted by atomic mass is 16.5. The second kappa shape index (κ2) is 8.94. The summed E-state index contributed by atoms with van der Waals surface area (Å²) in [6, 6.07) is 0. The van der Waals surface area contributed by atoms with Gasteiger partial charge in [0.25, 0.3) is 0 Å². The van der Waals surface area contributed by atoms with E-state index in [-0.39, 0.29) is 18.8 Å². The maximum Gasteiger partial charge on any atom is 0.306 e.